The molecule has 0 fully saturated rings. The molecule has 2 aromatic rings. The molecular formula is C19H25P. The van der Waals surface area contributed by atoms with Crippen molar-refractivity contribution in [1.82, 2.24) is 0 Å². The molecule has 2 rings (SSSR count). The minimum absolute atomic E-state index is 0.243. The van der Waals surface area contributed by atoms with Crippen LogP contribution in [0.1, 0.15) is 37.8 Å². The van der Waals surface area contributed by atoms with Crippen molar-refractivity contribution >= 4 is 18.5 Å². The van der Waals surface area contributed by atoms with E-state index in [1.54, 1.807) is 0 Å². The summed E-state index contributed by atoms with van der Waals surface area (Å²) in [6.45, 7) is 9.02. The second-order valence-electron chi connectivity index (χ2n) is 5.68. The van der Waals surface area contributed by atoms with Crippen LogP contribution in [0.3, 0.4) is 0 Å². The molecule has 0 aliphatic rings. The quantitative estimate of drug-likeness (QED) is 0.683. The number of rotatable bonds is 5. The molecule has 0 saturated heterocycles. The summed E-state index contributed by atoms with van der Waals surface area (Å²) in [7, 11) is -0.243. The number of hydrogen-bond acceptors (Lipinski definition) is 0. The van der Waals surface area contributed by atoms with E-state index in [2.05, 4.69) is 76.2 Å². The Labute approximate surface area is 125 Å². The Morgan fingerprint density at radius 3 is 1.55 bits per heavy atom. The zero-order valence-corrected chi connectivity index (χ0v) is 14.0. The van der Waals surface area contributed by atoms with Crippen LogP contribution in [0.15, 0.2) is 48.5 Å². The lowest BCUT2D eigenvalue weighted by Gasteiger charge is -2.25. The SMILES string of the molecule is CCC[C@H](C)P(c1ccc(C)cc1)c1ccc(C)cc1. The molecular weight excluding hydrogens is 259 g/mol. The van der Waals surface area contributed by atoms with Gasteiger partial charge in [0.1, 0.15) is 0 Å². The predicted molar refractivity (Wildman–Crippen MR) is 92.9 cm³/mol. The van der Waals surface area contributed by atoms with E-state index in [1.807, 2.05) is 0 Å². The molecule has 106 valence electrons. The number of hydrogen-bond donors (Lipinski definition) is 0. The van der Waals surface area contributed by atoms with Crippen LogP contribution in [0.2, 0.25) is 0 Å². The molecule has 0 nitrogen and oxygen atoms in total. The third-order valence-electron chi connectivity index (χ3n) is 3.77. The first-order chi connectivity index (χ1) is 9.61. The van der Waals surface area contributed by atoms with E-state index >= 15 is 0 Å². The molecule has 0 unspecified atom stereocenters. The summed E-state index contributed by atoms with van der Waals surface area (Å²) < 4.78 is 0. The minimum atomic E-state index is -0.243. The maximum absolute atomic E-state index is 2.41. The van der Waals surface area contributed by atoms with Crippen molar-refractivity contribution in [3.8, 4) is 0 Å². The molecule has 1 atom stereocenters. The smallest absolute Gasteiger partial charge is 0.0157 e. The minimum Gasteiger partial charge on any atom is -0.0654 e. The van der Waals surface area contributed by atoms with E-state index in [0.29, 0.717) is 0 Å². The van der Waals surface area contributed by atoms with Gasteiger partial charge in [0.15, 0.2) is 0 Å². The van der Waals surface area contributed by atoms with Crippen LogP contribution in [-0.2, 0) is 0 Å². The molecule has 0 N–H and O–H groups in total. The van der Waals surface area contributed by atoms with Crippen molar-refractivity contribution in [3.63, 3.8) is 0 Å². The highest BCUT2D eigenvalue weighted by molar-refractivity contribution is 7.73. The molecule has 0 heterocycles. The standard InChI is InChI=1S/C19H25P/c1-5-6-17(4)20(18-11-7-15(2)8-12-18)19-13-9-16(3)10-14-19/h7-14,17H,5-6H2,1-4H3/t17-/m0/s1. The van der Waals surface area contributed by atoms with Gasteiger partial charge in [-0.25, -0.2) is 0 Å². The Hall–Kier alpha value is -1.13. The van der Waals surface area contributed by atoms with Gasteiger partial charge in [0.25, 0.3) is 0 Å². The van der Waals surface area contributed by atoms with Gasteiger partial charge in [0.05, 0.1) is 0 Å². The Morgan fingerprint density at radius 2 is 1.20 bits per heavy atom. The Kier molecular flexibility index (Phi) is 5.38. The summed E-state index contributed by atoms with van der Waals surface area (Å²) in [5.74, 6) is 0. The summed E-state index contributed by atoms with van der Waals surface area (Å²) in [6.07, 6.45) is 2.56. The average Bonchev–Trinajstić information content (AvgIpc) is 2.44. The van der Waals surface area contributed by atoms with Crippen LogP contribution in [0.25, 0.3) is 0 Å². The highest BCUT2D eigenvalue weighted by Gasteiger charge is 2.20. The van der Waals surface area contributed by atoms with Gasteiger partial charge in [-0.05, 0) is 44.5 Å². The van der Waals surface area contributed by atoms with Crippen LogP contribution >= 0.6 is 7.92 Å². The lowest BCUT2D eigenvalue weighted by molar-refractivity contribution is 0.782. The van der Waals surface area contributed by atoms with Crippen molar-refractivity contribution in [1.29, 1.82) is 0 Å². The Morgan fingerprint density at radius 1 is 0.800 bits per heavy atom. The Balaban J connectivity index is 2.38. The molecule has 20 heavy (non-hydrogen) atoms. The van der Waals surface area contributed by atoms with E-state index in [-0.39, 0.29) is 7.92 Å². The molecule has 2 aromatic carbocycles. The maximum atomic E-state index is 2.41. The van der Waals surface area contributed by atoms with Crippen LogP contribution in [0.5, 0.6) is 0 Å². The average molecular weight is 284 g/mol. The van der Waals surface area contributed by atoms with Gasteiger partial charge < -0.3 is 0 Å². The summed E-state index contributed by atoms with van der Waals surface area (Å²) in [6, 6.07) is 18.3. The zero-order valence-electron chi connectivity index (χ0n) is 13.1. The molecule has 0 radical (unpaired) electrons. The third-order valence-corrected chi connectivity index (χ3v) is 6.62. The van der Waals surface area contributed by atoms with Gasteiger partial charge in [-0.3, -0.25) is 0 Å². The van der Waals surface area contributed by atoms with Gasteiger partial charge in [-0.15, -0.1) is 0 Å². The van der Waals surface area contributed by atoms with Crippen molar-refractivity contribution in [2.24, 2.45) is 0 Å². The van der Waals surface area contributed by atoms with Crippen LogP contribution in [-0.4, -0.2) is 5.66 Å². The summed E-state index contributed by atoms with van der Waals surface area (Å²) in [4.78, 5) is 0. The fourth-order valence-corrected chi connectivity index (χ4v) is 5.39. The van der Waals surface area contributed by atoms with Gasteiger partial charge >= 0.3 is 0 Å². The van der Waals surface area contributed by atoms with Crippen molar-refractivity contribution in [3.05, 3.63) is 59.7 Å². The summed E-state index contributed by atoms with van der Waals surface area (Å²) in [5, 5.41) is 3.02. The highest BCUT2D eigenvalue weighted by atomic mass is 31.1. The van der Waals surface area contributed by atoms with Crippen molar-refractivity contribution in [2.45, 2.75) is 46.2 Å². The van der Waals surface area contributed by atoms with Gasteiger partial charge in [-0.2, -0.15) is 0 Å². The van der Waals surface area contributed by atoms with Crippen molar-refractivity contribution < 1.29 is 0 Å². The molecule has 0 amide bonds. The van der Waals surface area contributed by atoms with E-state index in [0.717, 1.165) is 5.66 Å². The van der Waals surface area contributed by atoms with Gasteiger partial charge in [0.2, 0.25) is 0 Å². The van der Waals surface area contributed by atoms with E-state index in [9.17, 15) is 0 Å². The topological polar surface area (TPSA) is 0 Å². The highest BCUT2D eigenvalue weighted by Crippen LogP contribution is 2.41. The van der Waals surface area contributed by atoms with E-state index in [4.69, 9.17) is 0 Å². The molecule has 1 heteroatoms. The monoisotopic (exact) mass is 284 g/mol. The molecule has 0 bridgehead atoms. The summed E-state index contributed by atoms with van der Waals surface area (Å²) in [5.41, 5.74) is 3.42. The number of aryl methyl sites for hydroxylation is 2. The van der Waals surface area contributed by atoms with Gasteiger partial charge in [0, 0.05) is 0 Å². The molecule has 0 aliphatic carbocycles. The van der Waals surface area contributed by atoms with E-state index < -0.39 is 0 Å². The fraction of sp³-hybridized carbons (Fsp3) is 0.368. The first-order valence-electron chi connectivity index (χ1n) is 7.54. The lowest BCUT2D eigenvalue weighted by Crippen LogP contribution is -2.19. The third kappa shape index (κ3) is 3.70. The molecule has 0 spiro atoms. The molecule has 0 aliphatic heterocycles. The van der Waals surface area contributed by atoms with Crippen LogP contribution < -0.4 is 10.6 Å². The first kappa shape index (κ1) is 15.3. The second-order valence-corrected chi connectivity index (χ2v) is 8.33. The van der Waals surface area contributed by atoms with Crippen LogP contribution in [0, 0.1) is 13.8 Å². The van der Waals surface area contributed by atoms with E-state index in [1.165, 1.54) is 34.6 Å². The second kappa shape index (κ2) is 7.04. The Bertz CT molecular complexity index is 479. The van der Waals surface area contributed by atoms with Crippen LogP contribution in [0.4, 0.5) is 0 Å². The predicted octanol–water partition coefficient (Wildman–Crippen LogP) is 4.92. The first-order valence-corrected chi connectivity index (χ1v) is 8.95. The molecule has 0 saturated carbocycles. The molecule has 0 aromatic heterocycles. The lowest BCUT2D eigenvalue weighted by atomic mass is 10.2. The maximum Gasteiger partial charge on any atom is -0.0157 e. The normalized spacial score (nSPS) is 12.7. The van der Waals surface area contributed by atoms with Crippen molar-refractivity contribution in [2.75, 3.05) is 0 Å². The summed E-state index contributed by atoms with van der Waals surface area (Å²) >= 11 is 0. The zero-order chi connectivity index (χ0) is 14.5. The fourth-order valence-electron chi connectivity index (χ4n) is 2.62. The largest absolute Gasteiger partial charge is 0.0654 e. The van der Waals surface area contributed by atoms with Gasteiger partial charge in [-0.1, -0.05) is 79.9 Å². The number of benzene rings is 2.